The fraction of sp³-hybridized carbons (Fsp3) is 0.125. The van der Waals surface area contributed by atoms with Crippen molar-refractivity contribution in [2.24, 2.45) is 0 Å². The van der Waals surface area contributed by atoms with Gasteiger partial charge in [-0.05, 0) is 23.3 Å². The number of hydrogen-bond donors (Lipinski definition) is 1. The number of benzene rings is 2. The van der Waals surface area contributed by atoms with Crippen molar-refractivity contribution < 1.29 is 0 Å². The molecule has 0 fully saturated rings. The molecule has 0 aliphatic rings. The van der Waals surface area contributed by atoms with Gasteiger partial charge in [-0.2, -0.15) is 0 Å². The molecule has 0 unspecified atom stereocenters. The summed E-state index contributed by atoms with van der Waals surface area (Å²) in [7, 11) is 0. The largest absolute Gasteiger partial charge is 0.399 e. The summed E-state index contributed by atoms with van der Waals surface area (Å²) >= 11 is 0. The Bertz CT molecular complexity index is 441. The molecule has 0 aromatic heterocycles. The maximum Gasteiger partial charge on any atom is 0.0314 e. The summed E-state index contributed by atoms with van der Waals surface area (Å²) in [6.45, 7) is 4.00. The predicted octanol–water partition coefficient (Wildman–Crippen LogP) is 4.47. The van der Waals surface area contributed by atoms with Gasteiger partial charge in [0, 0.05) is 5.69 Å². The van der Waals surface area contributed by atoms with Gasteiger partial charge in [-0.15, -0.1) is 0 Å². The van der Waals surface area contributed by atoms with E-state index in [2.05, 4.69) is 24.3 Å². The molecule has 0 aliphatic carbocycles. The zero-order valence-corrected chi connectivity index (χ0v) is 10.4. The summed E-state index contributed by atoms with van der Waals surface area (Å²) < 4.78 is 0. The zero-order chi connectivity index (χ0) is 12.5. The summed E-state index contributed by atoms with van der Waals surface area (Å²) in [4.78, 5) is 0. The van der Waals surface area contributed by atoms with Crippen LogP contribution in [0.15, 0.2) is 54.6 Å². The third-order valence-corrected chi connectivity index (χ3v) is 2.20. The molecule has 2 aromatic carbocycles. The molecule has 0 aliphatic heterocycles. The van der Waals surface area contributed by atoms with Crippen LogP contribution in [0.4, 0.5) is 5.69 Å². The zero-order valence-electron chi connectivity index (χ0n) is 10.4. The second kappa shape index (κ2) is 7.29. The van der Waals surface area contributed by atoms with E-state index in [0.717, 1.165) is 11.3 Å². The first kappa shape index (κ1) is 13.0. The molecule has 17 heavy (non-hydrogen) atoms. The molecule has 0 bridgehead atoms. The maximum atomic E-state index is 5.61. The van der Waals surface area contributed by atoms with E-state index in [1.54, 1.807) is 0 Å². The lowest BCUT2D eigenvalue weighted by molar-refractivity contribution is 1.50. The Balaban J connectivity index is 0.000000686. The molecule has 2 N–H and O–H groups in total. The minimum atomic E-state index is 0.798. The Hall–Kier alpha value is -2.02. The van der Waals surface area contributed by atoms with Gasteiger partial charge in [-0.1, -0.05) is 68.5 Å². The van der Waals surface area contributed by atoms with Gasteiger partial charge in [0.2, 0.25) is 0 Å². The molecule has 0 amide bonds. The molecule has 0 radical (unpaired) electrons. The van der Waals surface area contributed by atoms with Gasteiger partial charge in [-0.3, -0.25) is 0 Å². The smallest absolute Gasteiger partial charge is 0.0314 e. The molecule has 1 nitrogen and oxygen atoms in total. The van der Waals surface area contributed by atoms with E-state index < -0.39 is 0 Å². The van der Waals surface area contributed by atoms with Crippen LogP contribution in [0.5, 0.6) is 0 Å². The van der Waals surface area contributed by atoms with Crippen molar-refractivity contribution >= 4 is 17.8 Å². The number of rotatable bonds is 2. The average molecular weight is 225 g/mol. The molecule has 0 saturated carbocycles. The Morgan fingerprint density at radius 1 is 0.706 bits per heavy atom. The molecule has 88 valence electrons. The summed E-state index contributed by atoms with van der Waals surface area (Å²) in [5, 5.41) is 0. The highest BCUT2D eigenvalue weighted by atomic mass is 14.5. The summed E-state index contributed by atoms with van der Waals surface area (Å²) in [5.74, 6) is 0. The van der Waals surface area contributed by atoms with Gasteiger partial charge in [0.15, 0.2) is 0 Å². The first-order chi connectivity index (χ1) is 8.34. The number of nitrogen functional groups attached to an aromatic ring is 1. The van der Waals surface area contributed by atoms with Crippen molar-refractivity contribution in [1.29, 1.82) is 0 Å². The van der Waals surface area contributed by atoms with E-state index in [1.165, 1.54) is 5.56 Å². The van der Waals surface area contributed by atoms with Gasteiger partial charge >= 0.3 is 0 Å². The fourth-order valence-electron chi connectivity index (χ4n) is 1.36. The summed E-state index contributed by atoms with van der Waals surface area (Å²) in [6.07, 6.45) is 4.17. The topological polar surface area (TPSA) is 26.0 Å². The van der Waals surface area contributed by atoms with Crippen LogP contribution in [0.25, 0.3) is 12.2 Å². The highest BCUT2D eigenvalue weighted by molar-refractivity contribution is 5.70. The van der Waals surface area contributed by atoms with E-state index in [-0.39, 0.29) is 0 Å². The van der Waals surface area contributed by atoms with Crippen LogP contribution in [0.1, 0.15) is 25.0 Å². The molecule has 2 rings (SSSR count). The molecular formula is C16H19N. The predicted molar refractivity (Wildman–Crippen MR) is 77.6 cm³/mol. The molecule has 0 heterocycles. The van der Waals surface area contributed by atoms with E-state index in [9.17, 15) is 0 Å². The van der Waals surface area contributed by atoms with Gasteiger partial charge in [0.25, 0.3) is 0 Å². The normalized spacial score (nSPS) is 9.76. The van der Waals surface area contributed by atoms with Crippen LogP contribution in [0.3, 0.4) is 0 Å². The van der Waals surface area contributed by atoms with Gasteiger partial charge in [0.05, 0.1) is 0 Å². The molecule has 0 spiro atoms. The minimum Gasteiger partial charge on any atom is -0.399 e. The van der Waals surface area contributed by atoms with Gasteiger partial charge in [0.1, 0.15) is 0 Å². The van der Waals surface area contributed by atoms with E-state index in [4.69, 9.17) is 5.73 Å². The Kier molecular flexibility index (Phi) is 5.59. The number of nitrogens with two attached hydrogens (primary N) is 1. The quantitative estimate of drug-likeness (QED) is 0.592. The lowest BCUT2D eigenvalue weighted by atomic mass is 10.1. The minimum absolute atomic E-state index is 0.798. The lowest BCUT2D eigenvalue weighted by Crippen LogP contribution is -1.82. The lowest BCUT2D eigenvalue weighted by Gasteiger charge is -1.95. The standard InChI is InChI=1S/C14H13N.C2H6/c15-14-10-8-13(9-11-14)7-6-12-4-2-1-3-5-12;1-2/h1-11H,15H2;1-2H3/b7-6+;. The molecule has 0 atom stereocenters. The number of anilines is 1. The fourth-order valence-corrected chi connectivity index (χ4v) is 1.36. The second-order valence-corrected chi connectivity index (χ2v) is 3.41. The Morgan fingerprint density at radius 2 is 1.18 bits per heavy atom. The highest BCUT2D eigenvalue weighted by Gasteiger charge is 1.87. The van der Waals surface area contributed by atoms with Crippen molar-refractivity contribution in [3.63, 3.8) is 0 Å². The van der Waals surface area contributed by atoms with E-state index in [1.807, 2.05) is 56.3 Å². The van der Waals surface area contributed by atoms with Crippen LogP contribution < -0.4 is 5.73 Å². The number of hydrogen-bond acceptors (Lipinski definition) is 1. The molecule has 2 aromatic rings. The van der Waals surface area contributed by atoms with Crippen LogP contribution in [-0.2, 0) is 0 Å². The van der Waals surface area contributed by atoms with Crippen molar-refractivity contribution in [2.45, 2.75) is 13.8 Å². The van der Waals surface area contributed by atoms with Crippen LogP contribution >= 0.6 is 0 Å². The third-order valence-electron chi connectivity index (χ3n) is 2.20. The Labute approximate surface area is 104 Å². The molecule has 1 heteroatoms. The second-order valence-electron chi connectivity index (χ2n) is 3.41. The van der Waals surface area contributed by atoms with E-state index >= 15 is 0 Å². The van der Waals surface area contributed by atoms with E-state index in [0.29, 0.717) is 0 Å². The Morgan fingerprint density at radius 3 is 1.71 bits per heavy atom. The van der Waals surface area contributed by atoms with Crippen LogP contribution in [0.2, 0.25) is 0 Å². The summed E-state index contributed by atoms with van der Waals surface area (Å²) in [5.41, 5.74) is 8.77. The monoisotopic (exact) mass is 225 g/mol. The third kappa shape index (κ3) is 4.56. The van der Waals surface area contributed by atoms with Crippen molar-refractivity contribution in [1.82, 2.24) is 0 Å². The van der Waals surface area contributed by atoms with Crippen LogP contribution in [-0.4, -0.2) is 0 Å². The summed E-state index contributed by atoms with van der Waals surface area (Å²) in [6, 6.07) is 18.1. The van der Waals surface area contributed by atoms with Crippen molar-refractivity contribution in [3.8, 4) is 0 Å². The van der Waals surface area contributed by atoms with Gasteiger partial charge < -0.3 is 5.73 Å². The first-order valence-electron chi connectivity index (χ1n) is 5.93. The molecular weight excluding hydrogens is 206 g/mol. The SMILES string of the molecule is CC.Nc1ccc(/C=C/c2ccccc2)cc1. The van der Waals surface area contributed by atoms with Crippen molar-refractivity contribution in [2.75, 3.05) is 5.73 Å². The molecule has 0 saturated heterocycles. The highest BCUT2D eigenvalue weighted by Crippen LogP contribution is 2.10. The maximum absolute atomic E-state index is 5.61. The first-order valence-corrected chi connectivity index (χ1v) is 5.93. The van der Waals surface area contributed by atoms with Crippen LogP contribution in [0, 0.1) is 0 Å². The van der Waals surface area contributed by atoms with Crippen molar-refractivity contribution in [3.05, 3.63) is 65.7 Å². The average Bonchev–Trinajstić information content (AvgIpc) is 2.42. The van der Waals surface area contributed by atoms with Gasteiger partial charge in [-0.25, -0.2) is 0 Å².